The summed E-state index contributed by atoms with van der Waals surface area (Å²) in [6, 6.07) is 3.97. The van der Waals surface area contributed by atoms with Crippen LogP contribution in [0.1, 0.15) is 11.4 Å². The first-order valence-electron chi connectivity index (χ1n) is 4.50. The molecular weight excluding hydrogens is 274 g/mol. The van der Waals surface area contributed by atoms with Crippen LogP contribution in [-0.4, -0.2) is 9.97 Å². The number of nitrogens with one attached hydrogen (secondary N) is 1. The molecule has 0 fully saturated rings. The Morgan fingerprint density at radius 3 is 3.00 bits per heavy atom. The Kier molecular flexibility index (Phi) is 3.33. The molecule has 0 saturated carbocycles. The average molecular weight is 284 g/mol. The van der Waals surface area contributed by atoms with Crippen LogP contribution in [0.2, 0.25) is 0 Å². The van der Waals surface area contributed by atoms with Crippen LogP contribution in [-0.2, 0) is 6.54 Å². The predicted molar refractivity (Wildman–Crippen MR) is 66.1 cm³/mol. The third kappa shape index (κ3) is 3.00. The minimum Gasteiger partial charge on any atom is -0.366 e. The summed E-state index contributed by atoms with van der Waals surface area (Å²) in [4.78, 5) is 8.43. The first-order chi connectivity index (χ1) is 7.24. The maximum atomic E-state index is 4.28. The monoisotopic (exact) mass is 283 g/mol. The van der Waals surface area contributed by atoms with Gasteiger partial charge in [0.1, 0.15) is 16.2 Å². The van der Waals surface area contributed by atoms with Crippen LogP contribution in [0.3, 0.4) is 0 Å². The first kappa shape index (κ1) is 10.6. The van der Waals surface area contributed by atoms with Gasteiger partial charge in [0.2, 0.25) is 0 Å². The van der Waals surface area contributed by atoms with Crippen molar-refractivity contribution in [1.29, 1.82) is 0 Å². The molecule has 0 unspecified atom stereocenters. The van der Waals surface area contributed by atoms with Gasteiger partial charge in [-0.1, -0.05) is 0 Å². The Hall–Kier alpha value is -0.940. The van der Waals surface area contributed by atoms with Gasteiger partial charge in [0.05, 0.1) is 0 Å². The lowest BCUT2D eigenvalue weighted by Crippen LogP contribution is -2.02. The molecule has 5 heteroatoms. The van der Waals surface area contributed by atoms with E-state index in [-0.39, 0.29) is 0 Å². The Labute approximate surface area is 101 Å². The molecule has 0 atom stereocenters. The number of anilines is 1. The smallest absolute Gasteiger partial charge is 0.131 e. The van der Waals surface area contributed by atoms with Gasteiger partial charge < -0.3 is 5.32 Å². The summed E-state index contributed by atoms with van der Waals surface area (Å²) in [5, 5.41) is 7.44. The highest BCUT2D eigenvalue weighted by Gasteiger charge is 1.99. The second-order valence-corrected chi connectivity index (χ2v) is 4.70. The van der Waals surface area contributed by atoms with Crippen molar-refractivity contribution in [1.82, 2.24) is 9.97 Å². The van der Waals surface area contributed by atoms with Gasteiger partial charge in [0, 0.05) is 12.6 Å². The second kappa shape index (κ2) is 4.72. The van der Waals surface area contributed by atoms with Crippen molar-refractivity contribution in [3.63, 3.8) is 0 Å². The van der Waals surface area contributed by atoms with E-state index in [1.54, 1.807) is 11.3 Å². The molecule has 0 spiro atoms. The number of hydrogen-bond donors (Lipinski definition) is 1. The maximum Gasteiger partial charge on any atom is 0.131 e. The molecule has 0 aliphatic rings. The van der Waals surface area contributed by atoms with Gasteiger partial charge in [-0.05, 0) is 45.2 Å². The molecule has 0 aliphatic carbocycles. The quantitative estimate of drug-likeness (QED) is 0.879. The van der Waals surface area contributed by atoms with Crippen molar-refractivity contribution in [3.05, 3.63) is 38.9 Å². The van der Waals surface area contributed by atoms with Gasteiger partial charge in [0.25, 0.3) is 0 Å². The molecular formula is C10H10BrN3S. The molecule has 2 rings (SSSR count). The summed E-state index contributed by atoms with van der Waals surface area (Å²) in [7, 11) is 0. The normalized spacial score (nSPS) is 10.3. The highest BCUT2D eigenvalue weighted by molar-refractivity contribution is 9.10. The highest BCUT2D eigenvalue weighted by Crippen LogP contribution is 2.13. The van der Waals surface area contributed by atoms with Crippen molar-refractivity contribution in [3.8, 4) is 0 Å². The molecule has 0 aliphatic heterocycles. The van der Waals surface area contributed by atoms with Crippen molar-refractivity contribution in [2.24, 2.45) is 0 Å². The predicted octanol–water partition coefficient (Wildman–Crippen LogP) is 3.22. The van der Waals surface area contributed by atoms with E-state index in [0.29, 0.717) is 0 Å². The zero-order valence-corrected chi connectivity index (χ0v) is 10.6. The largest absolute Gasteiger partial charge is 0.366 e. The van der Waals surface area contributed by atoms with Crippen molar-refractivity contribution < 1.29 is 0 Å². The van der Waals surface area contributed by atoms with E-state index in [4.69, 9.17) is 0 Å². The number of aromatic nitrogens is 2. The Balaban J connectivity index is 2.05. The number of nitrogens with zero attached hydrogens (tertiary/aromatic N) is 2. The molecule has 78 valence electrons. The lowest BCUT2D eigenvalue weighted by atomic mass is 10.3. The van der Waals surface area contributed by atoms with Crippen LogP contribution < -0.4 is 5.32 Å². The Bertz CT molecular complexity index is 422. The van der Waals surface area contributed by atoms with Crippen molar-refractivity contribution in [2.45, 2.75) is 13.5 Å². The van der Waals surface area contributed by atoms with Gasteiger partial charge in [-0.15, -0.1) is 0 Å². The van der Waals surface area contributed by atoms with Crippen LogP contribution >= 0.6 is 27.3 Å². The van der Waals surface area contributed by atoms with Crippen molar-refractivity contribution >= 4 is 33.1 Å². The summed E-state index contributed by atoms with van der Waals surface area (Å²) in [5.74, 6) is 1.61. The number of halogens is 1. The first-order valence-corrected chi connectivity index (χ1v) is 6.24. The van der Waals surface area contributed by atoms with Gasteiger partial charge in [-0.2, -0.15) is 11.3 Å². The van der Waals surface area contributed by atoms with E-state index in [9.17, 15) is 0 Å². The van der Waals surface area contributed by atoms with Crippen LogP contribution in [0.25, 0.3) is 0 Å². The molecule has 0 bridgehead atoms. The van der Waals surface area contributed by atoms with Crippen LogP contribution in [0.4, 0.5) is 5.82 Å². The fourth-order valence-corrected chi connectivity index (χ4v) is 2.35. The minimum atomic E-state index is 0.761. The summed E-state index contributed by atoms with van der Waals surface area (Å²) >= 11 is 5.04. The van der Waals surface area contributed by atoms with Crippen LogP contribution in [0, 0.1) is 6.92 Å². The molecule has 2 aromatic heterocycles. The Morgan fingerprint density at radius 1 is 1.47 bits per heavy atom. The summed E-state index contributed by atoms with van der Waals surface area (Å²) in [6.45, 7) is 2.67. The minimum absolute atomic E-state index is 0.761. The molecule has 15 heavy (non-hydrogen) atoms. The van der Waals surface area contributed by atoms with Gasteiger partial charge in [-0.25, -0.2) is 9.97 Å². The van der Waals surface area contributed by atoms with Crippen LogP contribution in [0.5, 0.6) is 0 Å². The van der Waals surface area contributed by atoms with E-state index >= 15 is 0 Å². The van der Waals surface area contributed by atoms with E-state index in [1.807, 2.05) is 13.0 Å². The zero-order valence-electron chi connectivity index (χ0n) is 8.20. The molecule has 0 aromatic carbocycles. The molecule has 0 saturated heterocycles. The van der Waals surface area contributed by atoms with Gasteiger partial charge in [0.15, 0.2) is 0 Å². The highest BCUT2D eigenvalue weighted by atomic mass is 79.9. The summed E-state index contributed by atoms with van der Waals surface area (Å²) in [5.41, 5.74) is 1.27. The fourth-order valence-electron chi connectivity index (χ4n) is 1.21. The van der Waals surface area contributed by atoms with E-state index < -0.39 is 0 Å². The lowest BCUT2D eigenvalue weighted by molar-refractivity contribution is 1.01. The number of thiophene rings is 1. The Morgan fingerprint density at radius 2 is 2.33 bits per heavy atom. The van der Waals surface area contributed by atoms with E-state index in [2.05, 4.69) is 48.0 Å². The SMILES string of the molecule is Cc1nc(Br)cc(NCc2ccsc2)n1. The number of rotatable bonds is 3. The fraction of sp³-hybridized carbons (Fsp3) is 0.200. The van der Waals surface area contributed by atoms with E-state index in [1.165, 1.54) is 5.56 Å². The third-order valence-electron chi connectivity index (χ3n) is 1.86. The lowest BCUT2D eigenvalue weighted by Gasteiger charge is -2.05. The van der Waals surface area contributed by atoms with Crippen molar-refractivity contribution in [2.75, 3.05) is 5.32 Å². The van der Waals surface area contributed by atoms with Gasteiger partial charge >= 0.3 is 0 Å². The van der Waals surface area contributed by atoms with Crippen LogP contribution in [0.15, 0.2) is 27.5 Å². The standard InChI is InChI=1S/C10H10BrN3S/c1-7-13-9(11)4-10(14-7)12-5-8-2-3-15-6-8/h2-4,6H,5H2,1H3,(H,12,13,14). The molecule has 2 aromatic rings. The molecule has 0 amide bonds. The zero-order chi connectivity index (χ0) is 10.7. The third-order valence-corrected chi connectivity index (χ3v) is 3.00. The summed E-state index contributed by atoms with van der Waals surface area (Å²) < 4.78 is 0.808. The molecule has 2 heterocycles. The second-order valence-electron chi connectivity index (χ2n) is 3.11. The number of aryl methyl sites for hydroxylation is 1. The molecule has 1 N–H and O–H groups in total. The average Bonchev–Trinajstić information content (AvgIpc) is 2.65. The maximum absolute atomic E-state index is 4.28. The molecule has 3 nitrogen and oxygen atoms in total. The molecule has 0 radical (unpaired) electrons. The topological polar surface area (TPSA) is 37.8 Å². The summed E-state index contributed by atoms with van der Waals surface area (Å²) in [6.07, 6.45) is 0. The van der Waals surface area contributed by atoms with E-state index in [0.717, 1.165) is 22.8 Å². The number of hydrogen-bond acceptors (Lipinski definition) is 4. The van der Waals surface area contributed by atoms with Gasteiger partial charge in [-0.3, -0.25) is 0 Å².